The molecule has 1 atom stereocenters. The molecule has 1 amide bonds. The Labute approximate surface area is 111 Å². The van der Waals surface area contributed by atoms with Crippen LogP contribution in [-0.2, 0) is 4.79 Å². The van der Waals surface area contributed by atoms with E-state index in [0.29, 0.717) is 11.9 Å². The van der Waals surface area contributed by atoms with Crippen molar-refractivity contribution in [3.8, 4) is 0 Å². The molecule has 2 aliphatic rings. The molecule has 0 aromatic rings. The monoisotopic (exact) mass is 252 g/mol. The molecule has 0 aromatic carbocycles. The number of carbonyl (C=O) groups is 1. The van der Waals surface area contributed by atoms with Crippen LogP contribution in [0.3, 0.4) is 0 Å². The lowest BCUT2D eigenvalue weighted by molar-refractivity contribution is -0.136. The van der Waals surface area contributed by atoms with Crippen LogP contribution in [0.5, 0.6) is 0 Å². The summed E-state index contributed by atoms with van der Waals surface area (Å²) < 4.78 is 0. The van der Waals surface area contributed by atoms with Crippen LogP contribution in [0, 0.1) is 11.8 Å². The number of rotatable bonds is 6. The Morgan fingerprint density at radius 1 is 1.28 bits per heavy atom. The standard InChI is InChI=1S/C15H28N2O/c1-3-4-12(2)15(18)17-9-7-14(8-10-17)16-11-13-5-6-13/h12-14,16H,3-11H2,1-2H3. The molecule has 0 spiro atoms. The molecule has 104 valence electrons. The van der Waals surface area contributed by atoms with Gasteiger partial charge in [-0.1, -0.05) is 20.3 Å². The molecule has 18 heavy (non-hydrogen) atoms. The summed E-state index contributed by atoms with van der Waals surface area (Å²) >= 11 is 0. The van der Waals surface area contributed by atoms with E-state index < -0.39 is 0 Å². The molecular formula is C15H28N2O. The Bertz CT molecular complexity index is 268. The molecule has 3 nitrogen and oxygen atoms in total. The van der Waals surface area contributed by atoms with Crippen LogP contribution < -0.4 is 5.32 Å². The van der Waals surface area contributed by atoms with E-state index in [-0.39, 0.29) is 5.92 Å². The summed E-state index contributed by atoms with van der Waals surface area (Å²) in [6.07, 6.45) is 7.23. The van der Waals surface area contributed by atoms with Gasteiger partial charge in [0.05, 0.1) is 0 Å². The molecule has 2 rings (SSSR count). The van der Waals surface area contributed by atoms with Gasteiger partial charge >= 0.3 is 0 Å². The number of likely N-dealkylation sites (tertiary alicyclic amines) is 1. The molecule has 1 N–H and O–H groups in total. The second-order valence-corrected chi connectivity index (χ2v) is 6.14. The van der Waals surface area contributed by atoms with Gasteiger partial charge in [0.25, 0.3) is 0 Å². The fourth-order valence-electron chi connectivity index (χ4n) is 2.83. The Balaban J connectivity index is 1.66. The van der Waals surface area contributed by atoms with E-state index in [2.05, 4.69) is 24.1 Å². The Morgan fingerprint density at radius 3 is 2.50 bits per heavy atom. The first kappa shape index (κ1) is 13.9. The van der Waals surface area contributed by atoms with Gasteiger partial charge in [0, 0.05) is 25.0 Å². The average molecular weight is 252 g/mol. The summed E-state index contributed by atoms with van der Waals surface area (Å²) in [4.78, 5) is 14.3. The molecule has 1 aliphatic heterocycles. The highest BCUT2D eigenvalue weighted by Gasteiger charge is 2.27. The molecule has 1 saturated carbocycles. The van der Waals surface area contributed by atoms with Crippen LogP contribution >= 0.6 is 0 Å². The molecule has 1 aliphatic carbocycles. The number of amides is 1. The summed E-state index contributed by atoms with van der Waals surface area (Å²) in [5, 5.41) is 3.66. The number of carbonyl (C=O) groups excluding carboxylic acids is 1. The number of piperidine rings is 1. The van der Waals surface area contributed by atoms with Crippen molar-refractivity contribution in [3.05, 3.63) is 0 Å². The minimum Gasteiger partial charge on any atom is -0.342 e. The molecule has 0 aromatic heterocycles. The average Bonchev–Trinajstić information content (AvgIpc) is 3.20. The van der Waals surface area contributed by atoms with E-state index in [1.807, 2.05) is 0 Å². The van der Waals surface area contributed by atoms with Gasteiger partial charge in [0.2, 0.25) is 5.91 Å². The van der Waals surface area contributed by atoms with E-state index in [4.69, 9.17) is 0 Å². The van der Waals surface area contributed by atoms with Crippen molar-refractivity contribution < 1.29 is 4.79 Å². The summed E-state index contributed by atoms with van der Waals surface area (Å²) in [6.45, 7) is 7.33. The predicted octanol–water partition coefficient (Wildman–Crippen LogP) is 2.41. The van der Waals surface area contributed by atoms with E-state index >= 15 is 0 Å². The quantitative estimate of drug-likeness (QED) is 0.787. The van der Waals surface area contributed by atoms with E-state index in [0.717, 1.165) is 44.7 Å². The normalized spacial score (nSPS) is 23.1. The molecule has 0 bridgehead atoms. The molecule has 1 heterocycles. The molecule has 0 radical (unpaired) electrons. The molecular weight excluding hydrogens is 224 g/mol. The summed E-state index contributed by atoms with van der Waals surface area (Å²) in [6, 6.07) is 0.649. The Morgan fingerprint density at radius 2 is 1.94 bits per heavy atom. The number of hydrogen-bond donors (Lipinski definition) is 1. The van der Waals surface area contributed by atoms with Gasteiger partial charge in [-0.15, -0.1) is 0 Å². The maximum Gasteiger partial charge on any atom is 0.225 e. The van der Waals surface area contributed by atoms with Crippen molar-refractivity contribution in [3.63, 3.8) is 0 Å². The van der Waals surface area contributed by atoms with Crippen LogP contribution in [0.4, 0.5) is 0 Å². The third-order valence-corrected chi connectivity index (χ3v) is 4.34. The van der Waals surface area contributed by atoms with Gasteiger partial charge in [-0.2, -0.15) is 0 Å². The van der Waals surface area contributed by atoms with Crippen molar-refractivity contribution in [2.45, 2.75) is 58.4 Å². The predicted molar refractivity (Wildman–Crippen MR) is 74.4 cm³/mol. The zero-order valence-corrected chi connectivity index (χ0v) is 12.0. The van der Waals surface area contributed by atoms with Gasteiger partial charge in [-0.25, -0.2) is 0 Å². The van der Waals surface area contributed by atoms with Gasteiger partial charge in [-0.05, 0) is 44.6 Å². The first-order valence-corrected chi connectivity index (χ1v) is 7.73. The van der Waals surface area contributed by atoms with Gasteiger partial charge in [-0.3, -0.25) is 4.79 Å². The molecule has 2 fully saturated rings. The molecule has 1 saturated heterocycles. The Hall–Kier alpha value is -0.570. The second kappa shape index (κ2) is 6.55. The van der Waals surface area contributed by atoms with Crippen molar-refractivity contribution in [1.82, 2.24) is 10.2 Å². The van der Waals surface area contributed by atoms with Gasteiger partial charge < -0.3 is 10.2 Å². The van der Waals surface area contributed by atoms with Crippen molar-refractivity contribution in [2.75, 3.05) is 19.6 Å². The number of nitrogens with one attached hydrogen (secondary N) is 1. The lowest BCUT2D eigenvalue weighted by atomic mass is 10.00. The number of hydrogen-bond acceptors (Lipinski definition) is 2. The molecule has 1 unspecified atom stereocenters. The molecule has 3 heteroatoms. The third-order valence-electron chi connectivity index (χ3n) is 4.34. The lowest BCUT2D eigenvalue weighted by Crippen LogP contribution is -2.46. The summed E-state index contributed by atoms with van der Waals surface area (Å²) in [5.41, 5.74) is 0. The maximum atomic E-state index is 12.2. The minimum atomic E-state index is 0.214. The Kier molecular flexibility index (Phi) is 5.04. The third kappa shape index (κ3) is 3.98. The smallest absolute Gasteiger partial charge is 0.225 e. The van der Waals surface area contributed by atoms with Crippen molar-refractivity contribution >= 4 is 5.91 Å². The second-order valence-electron chi connectivity index (χ2n) is 6.14. The van der Waals surface area contributed by atoms with E-state index in [1.54, 1.807) is 0 Å². The van der Waals surface area contributed by atoms with Crippen molar-refractivity contribution in [2.24, 2.45) is 11.8 Å². The van der Waals surface area contributed by atoms with Gasteiger partial charge in [0.1, 0.15) is 0 Å². The van der Waals surface area contributed by atoms with E-state index in [9.17, 15) is 4.79 Å². The first-order valence-electron chi connectivity index (χ1n) is 7.73. The summed E-state index contributed by atoms with van der Waals surface area (Å²) in [7, 11) is 0. The zero-order chi connectivity index (χ0) is 13.0. The highest BCUT2D eigenvalue weighted by Crippen LogP contribution is 2.28. The fourth-order valence-corrected chi connectivity index (χ4v) is 2.83. The van der Waals surface area contributed by atoms with Crippen LogP contribution in [0.2, 0.25) is 0 Å². The largest absolute Gasteiger partial charge is 0.342 e. The zero-order valence-electron chi connectivity index (χ0n) is 12.0. The van der Waals surface area contributed by atoms with Gasteiger partial charge in [0.15, 0.2) is 0 Å². The fraction of sp³-hybridized carbons (Fsp3) is 0.933. The lowest BCUT2D eigenvalue weighted by Gasteiger charge is -2.34. The van der Waals surface area contributed by atoms with Crippen LogP contribution in [0.1, 0.15) is 52.4 Å². The topological polar surface area (TPSA) is 32.3 Å². The number of nitrogens with zero attached hydrogens (tertiary/aromatic N) is 1. The van der Waals surface area contributed by atoms with Crippen molar-refractivity contribution in [1.29, 1.82) is 0 Å². The SMILES string of the molecule is CCCC(C)C(=O)N1CCC(NCC2CC2)CC1. The van der Waals surface area contributed by atoms with Crippen LogP contribution in [0.15, 0.2) is 0 Å². The first-order chi connectivity index (χ1) is 8.70. The maximum absolute atomic E-state index is 12.2. The van der Waals surface area contributed by atoms with Crippen LogP contribution in [0.25, 0.3) is 0 Å². The highest BCUT2D eigenvalue weighted by molar-refractivity contribution is 5.78. The minimum absolute atomic E-state index is 0.214. The van der Waals surface area contributed by atoms with Crippen LogP contribution in [-0.4, -0.2) is 36.5 Å². The highest BCUT2D eigenvalue weighted by atomic mass is 16.2. The van der Waals surface area contributed by atoms with E-state index in [1.165, 1.54) is 19.4 Å². The summed E-state index contributed by atoms with van der Waals surface area (Å²) in [5.74, 6) is 1.54.